The first-order chi connectivity index (χ1) is 7.45. The SMILES string of the molecule is CCc1cc(Cl)c(F)c(CC(C)C(=O)O)c1. The number of halogens is 2. The highest BCUT2D eigenvalue weighted by Gasteiger charge is 2.16. The van der Waals surface area contributed by atoms with E-state index in [2.05, 4.69) is 0 Å². The molecule has 88 valence electrons. The van der Waals surface area contributed by atoms with Gasteiger partial charge >= 0.3 is 5.97 Å². The number of aliphatic carboxylic acids is 1. The largest absolute Gasteiger partial charge is 0.481 e. The van der Waals surface area contributed by atoms with E-state index in [4.69, 9.17) is 16.7 Å². The average Bonchev–Trinajstić information content (AvgIpc) is 2.24. The van der Waals surface area contributed by atoms with Crippen LogP contribution in [0.5, 0.6) is 0 Å². The molecule has 0 aliphatic carbocycles. The van der Waals surface area contributed by atoms with Gasteiger partial charge in [0.15, 0.2) is 0 Å². The number of hydrogen-bond donors (Lipinski definition) is 1. The number of rotatable bonds is 4. The van der Waals surface area contributed by atoms with Gasteiger partial charge in [0, 0.05) is 0 Å². The molecule has 0 amide bonds. The summed E-state index contributed by atoms with van der Waals surface area (Å²) in [6.45, 7) is 3.49. The van der Waals surface area contributed by atoms with Crippen molar-refractivity contribution in [2.24, 2.45) is 5.92 Å². The normalized spacial score (nSPS) is 12.5. The van der Waals surface area contributed by atoms with Crippen LogP contribution >= 0.6 is 11.6 Å². The van der Waals surface area contributed by atoms with Crippen molar-refractivity contribution < 1.29 is 14.3 Å². The third kappa shape index (κ3) is 2.95. The lowest BCUT2D eigenvalue weighted by Gasteiger charge is -2.10. The molecule has 0 heterocycles. The van der Waals surface area contributed by atoms with Crippen molar-refractivity contribution in [1.29, 1.82) is 0 Å². The zero-order valence-corrected chi connectivity index (χ0v) is 10.0. The van der Waals surface area contributed by atoms with Crippen LogP contribution in [0.25, 0.3) is 0 Å². The molecule has 0 saturated carbocycles. The summed E-state index contributed by atoms with van der Waals surface area (Å²) in [6, 6.07) is 3.26. The average molecular weight is 245 g/mol. The minimum atomic E-state index is -0.933. The standard InChI is InChI=1S/C12H14ClFO2/c1-3-8-5-9(4-7(2)12(15)16)11(14)10(13)6-8/h5-7H,3-4H2,1-2H3,(H,15,16). The summed E-state index contributed by atoms with van der Waals surface area (Å²) in [5.41, 5.74) is 1.29. The monoisotopic (exact) mass is 244 g/mol. The highest BCUT2D eigenvalue weighted by atomic mass is 35.5. The van der Waals surface area contributed by atoms with E-state index in [9.17, 15) is 9.18 Å². The molecule has 1 unspecified atom stereocenters. The fourth-order valence-corrected chi connectivity index (χ4v) is 1.74. The summed E-state index contributed by atoms with van der Waals surface area (Å²) in [7, 11) is 0. The molecule has 0 fully saturated rings. The fourth-order valence-electron chi connectivity index (χ4n) is 1.48. The van der Waals surface area contributed by atoms with E-state index < -0.39 is 17.7 Å². The van der Waals surface area contributed by atoms with E-state index in [1.54, 1.807) is 19.1 Å². The van der Waals surface area contributed by atoms with Gasteiger partial charge in [-0.3, -0.25) is 4.79 Å². The van der Waals surface area contributed by atoms with E-state index >= 15 is 0 Å². The van der Waals surface area contributed by atoms with Gasteiger partial charge in [0.1, 0.15) is 5.82 Å². The molecule has 0 bridgehead atoms. The van der Waals surface area contributed by atoms with Crippen molar-refractivity contribution >= 4 is 17.6 Å². The number of hydrogen-bond acceptors (Lipinski definition) is 1. The second-order valence-electron chi connectivity index (χ2n) is 3.85. The number of carbonyl (C=O) groups is 1. The minimum absolute atomic E-state index is 0.0620. The van der Waals surface area contributed by atoms with Gasteiger partial charge in [-0.25, -0.2) is 4.39 Å². The fraction of sp³-hybridized carbons (Fsp3) is 0.417. The first-order valence-corrected chi connectivity index (χ1v) is 5.53. The molecule has 0 spiro atoms. The Morgan fingerprint density at radius 1 is 1.56 bits per heavy atom. The first-order valence-electron chi connectivity index (χ1n) is 5.15. The summed E-state index contributed by atoms with van der Waals surface area (Å²) in [5, 5.41) is 8.84. The Morgan fingerprint density at radius 3 is 2.69 bits per heavy atom. The van der Waals surface area contributed by atoms with Crippen molar-refractivity contribution in [2.45, 2.75) is 26.7 Å². The van der Waals surface area contributed by atoms with Gasteiger partial charge in [0.05, 0.1) is 10.9 Å². The number of benzene rings is 1. The van der Waals surface area contributed by atoms with Gasteiger partial charge in [0.2, 0.25) is 0 Å². The first kappa shape index (κ1) is 13.0. The van der Waals surface area contributed by atoms with Gasteiger partial charge in [-0.15, -0.1) is 0 Å². The van der Waals surface area contributed by atoms with Gasteiger partial charge in [0.25, 0.3) is 0 Å². The quantitative estimate of drug-likeness (QED) is 0.882. The zero-order chi connectivity index (χ0) is 12.3. The number of aryl methyl sites for hydroxylation is 1. The molecule has 0 aliphatic heterocycles. The molecule has 16 heavy (non-hydrogen) atoms. The van der Waals surface area contributed by atoms with E-state index in [-0.39, 0.29) is 11.4 Å². The highest BCUT2D eigenvalue weighted by Crippen LogP contribution is 2.23. The van der Waals surface area contributed by atoms with Crippen molar-refractivity contribution in [3.63, 3.8) is 0 Å². The lowest BCUT2D eigenvalue weighted by atomic mass is 9.98. The second kappa shape index (κ2) is 5.30. The Morgan fingerprint density at radius 2 is 2.19 bits per heavy atom. The third-order valence-electron chi connectivity index (χ3n) is 2.52. The molecule has 0 saturated heterocycles. The highest BCUT2D eigenvalue weighted by molar-refractivity contribution is 6.30. The predicted octanol–water partition coefficient (Wildman–Crippen LogP) is 3.30. The van der Waals surface area contributed by atoms with E-state index in [1.165, 1.54) is 0 Å². The Hall–Kier alpha value is -1.09. The van der Waals surface area contributed by atoms with Crippen LogP contribution in [0, 0.1) is 11.7 Å². The number of carboxylic acids is 1. The van der Waals surface area contributed by atoms with Crippen LogP contribution in [0.3, 0.4) is 0 Å². The summed E-state index contributed by atoms with van der Waals surface area (Å²) in [6.07, 6.45) is 0.906. The van der Waals surface area contributed by atoms with Crippen LogP contribution in [0.4, 0.5) is 4.39 Å². The summed E-state index contributed by atoms with van der Waals surface area (Å²) in [5.74, 6) is -2.05. The molecule has 0 aliphatic rings. The summed E-state index contributed by atoms with van der Waals surface area (Å²) in [4.78, 5) is 10.7. The van der Waals surface area contributed by atoms with Crippen LogP contribution in [0.15, 0.2) is 12.1 Å². The molecule has 1 N–H and O–H groups in total. The lowest BCUT2D eigenvalue weighted by Crippen LogP contribution is -2.13. The molecular formula is C12H14ClFO2. The van der Waals surface area contributed by atoms with Crippen molar-refractivity contribution in [3.8, 4) is 0 Å². The van der Waals surface area contributed by atoms with E-state index in [0.717, 1.165) is 12.0 Å². The maximum Gasteiger partial charge on any atom is 0.306 e. The van der Waals surface area contributed by atoms with Crippen LogP contribution in [0.1, 0.15) is 25.0 Å². The van der Waals surface area contributed by atoms with Crippen LogP contribution in [-0.2, 0) is 17.6 Å². The van der Waals surface area contributed by atoms with Crippen molar-refractivity contribution in [2.75, 3.05) is 0 Å². The maximum absolute atomic E-state index is 13.6. The minimum Gasteiger partial charge on any atom is -0.481 e. The molecule has 1 atom stereocenters. The molecule has 1 aromatic rings. The molecular weight excluding hydrogens is 231 g/mol. The summed E-state index contributed by atoms with van der Waals surface area (Å²) >= 11 is 5.74. The van der Waals surface area contributed by atoms with Crippen LogP contribution < -0.4 is 0 Å². The van der Waals surface area contributed by atoms with E-state index in [0.29, 0.717) is 5.56 Å². The van der Waals surface area contributed by atoms with Gasteiger partial charge in [-0.1, -0.05) is 31.5 Å². The molecule has 2 nitrogen and oxygen atoms in total. The third-order valence-corrected chi connectivity index (χ3v) is 2.79. The Kier molecular flexibility index (Phi) is 4.30. The smallest absolute Gasteiger partial charge is 0.306 e. The Bertz CT molecular complexity index is 404. The van der Waals surface area contributed by atoms with E-state index in [1.807, 2.05) is 6.92 Å². The molecule has 1 rings (SSSR count). The number of carboxylic acid groups (broad SMARTS) is 1. The van der Waals surface area contributed by atoms with Crippen LogP contribution in [-0.4, -0.2) is 11.1 Å². The molecule has 0 radical (unpaired) electrons. The van der Waals surface area contributed by atoms with Crippen LogP contribution in [0.2, 0.25) is 5.02 Å². The van der Waals surface area contributed by atoms with Gasteiger partial charge in [-0.2, -0.15) is 0 Å². The maximum atomic E-state index is 13.6. The van der Waals surface area contributed by atoms with Gasteiger partial charge < -0.3 is 5.11 Å². The molecule has 0 aromatic heterocycles. The Labute approximate surface area is 99.0 Å². The van der Waals surface area contributed by atoms with Crippen molar-refractivity contribution in [3.05, 3.63) is 34.1 Å². The zero-order valence-electron chi connectivity index (χ0n) is 9.26. The van der Waals surface area contributed by atoms with Gasteiger partial charge in [-0.05, 0) is 30.0 Å². The summed E-state index contributed by atoms with van der Waals surface area (Å²) < 4.78 is 13.6. The second-order valence-corrected chi connectivity index (χ2v) is 4.25. The predicted molar refractivity (Wildman–Crippen MR) is 61.3 cm³/mol. The molecule has 1 aromatic carbocycles. The topological polar surface area (TPSA) is 37.3 Å². The lowest BCUT2D eigenvalue weighted by molar-refractivity contribution is -0.141. The Balaban J connectivity index is 3.03. The molecule has 4 heteroatoms. The van der Waals surface area contributed by atoms with Crippen molar-refractivity contribution in [1.82, 2.24) is 0 Å².